The van der Waals surface area contributed by atoms with Crippen LogP contribution in [0, 0.1) is 25.6 Å². The molecule has 1 aromatic rings. The Bertz CT molecular complexity index is 412. The molecule has 1 atom stereocenters. The van der Waals surface area contributed by atoms with Crippen molar-refractivity contribution in [3.8, 4) is 0 Å². The van der Waals surface area contributed by atoms with E-state index < -0.39 is 0 Å². The minimum atomic E-state index is -0.0494. The first kappa shape index (κ1) is 15.5. The molecule has 0 bridgehead atoms. The lowest BCUT2D eigenvalue weighted by Gasteiger charge is -2.32. The van der Waals surface area contributed by atoms with E-state index in [0.29, 0.717) is 12.0 Å². The van der Waals surface area contributed by atoms with Crippen LogP contribution in [0.25, 0.3) is 0 Å². The smallest absolute Gasteiger partial charge is 0.129 e. The van der Waals surface area contributed by atoms with Crippen LogP contribution in [0.4, 0.5) is 4.39 Å². The van der Waals surface area contributed by atoms with Gasteiger partial charge in [0.2, 0.25) is 0 Å². The molecule has 0 aliphatic heterocycles. The molecular formula is C18H28FN. The van der Waals surface area contributed by atoms with E-state index in [4.69, 9.17) is 0 Å². The molecule has 1 aromatic carbocycles. The average Bonchev–Trinajstić information content (AvgIpc) is 2.46. The van der Waals surface area contributed by atoms with Crippen molar-refractivity contribution >= 4 is 0 Å². The third-order valence-electron chi connectivity index (χ3n) is 4.55. The van der Waals surface area contributed by atoms with Gasteiger partial charge in [0, 0.05) is 6.04 Å². The summed E-state index contributed by atoms with van der Waals surface area (Å²) < 4.78 is 13.8. The minimum absolute atomic E-state index is 0.0494. The van der Waals surface area contributed by atoms with Crippen molar-refractivity contribution in [1.82, 2.24) is 5.32 Å². The van der Waals surface area contributed by atoms with Crippen molar-refractivity contribution < 1.29 is 4.39 Å². The maximum absolute atomic E-state index is 13.8. The highest BCUT2D eigenvalue weighted by Gasteiger charge is 2.25. The van der Waals surface area contributed by atoms with E-state index in [9.17, 15) is 4.39 Å². The number of hydrogen-bond acceptors (Lipinski definition) is 1. The van der Waals surface area contributed by atoms with Gasteiger partial charge in [0.15, 0.2) is 0 Å². The molecule has 1 saturated carbocycles. The Balaban J connectivity index is 2.25. The van der Waals surface area contributed by atoms with Crippen LogP contribution in [0.2, 0.25) is 0 Å². The largest absolute Gasteiger partial charge is 0.310 e. The molecular weight excluding hydrogens is 249 g/mol. The van der Waals surface area contributed by atoms with Crippen LogP contribution in [0.5, 0.6) is 0 Å². The highest BCUT2D eigenvalue weighted by molar-refractivity contribution is 5.32. The molecule has 2 heteroatoms. The maximum atomic E-state index is 13.8. The molecule has 1 fully saturated rings. The summed E-state index contributed by atoms with van der Waals surface area (Å²) in [6, 6.07) is 4.49. The predicted octanol–water partition coefficient (Wildman–Crippen LogP) is 5.06. The summed E-state index contributed by atoms with van der Waals surface area (Å²) in [6.07, 6.45) is 7.80. The Kier molecular flexibility index (Phi) is 5.59. The average molecular weight is 277 g/mol. The van der Waals surface area contributed by atoms with Gasteiger partial charge in [0.25, 0.3) is 0 Å². The molecule has 1 unspecified atom stereocenters. The van der Waals surface area contributed by atoms with Crippen LogP contribution in [0.15, 0.2) is 12.1 Å². The number of aryl methyl sites for hydroxylation is 2. The van der Waals surface area contributed by atoms with Gasteiger partial charge in [-0.15, -0.1) is 0 Å². The van der Waals surface area contributed by atoms with Crippen LogP contribution < -0.4 is 5.32 Å². The molecule has 1 nitrogen and oxygen atoms in total. The SMILES string of the molecule is CCCNC(c1cc(C)c(F)c(C)c1)C1CCCCC1. The molecule has 0 heterocycles. The number of halogens is 1. The first-order valence-corrected chi connectivity index (χ1v) is 8.13. The molecule has 2 rings (SSSR count). The fraction of sp³-hybridized carbons (Fsp3) is 0.667. The molecule has 0 radical (unpaired) electrons. The van der Waals surface area contributed by atoms with Gasteiger partial charge in [-0.25, -0.2) is 4.39 Å². The molecule has 20 heavy (non-hydrogen) atoms. The van der Waals surface area contributed by atoms with Crippen molar-refractivity contribution in [3.05, 3.63) is 34.6 Å². The summed E-state index contributed by atoms with van der Waals surface area (Å²) in [5.41, 5.74) is 2.83. The molecule has 1 aliphatic carbocycles. The first-order valence-electron chi connectivity index (χ1n) is 8.13. The summed E-state index contributed by atoms with van der Waals surface area (Å²) in [7, 11) is 0. The number of hydrogen-bond donors (Lipinski definition) is 1. The van der Waals surface area contributed by atoms with E-state index in [1.807, 2.05) is 26.0 Å². The monoisotopic (exact) mass is 277 g/mol. The van der Waals surface area contributed by atoms with E-state index in [1.165, 1.54) is 37.7 Å². The Labute approximate surface area is 123 Å². The molecule has 1 N–H and O–H groups in total. The van der Waals surface area contributed by atoms with Gasteiger partial charge in [-0.05, 0) is 62.3 Å². The number of benzene rings is 1. The summed E-state index contributed by atoms with van der Waals surface area (Å²) in [5, 5.41) is 3.71. The summed E-state index contributed by atoms with van der Waals surface area (Å²) in [6.45, 7) is 7.00. The Hall–Kier alpha value is -0.890. The summed E-state index contributed by atoms with van der Waals surface area (Å²) >= 11 is 0. The molecule has 112 valence electrons. The Morgan fingerprint density at radius 2 is 1.75 bits per heavy atom. The van der Waals surface area contributed by atoms with Gasteiger partial charge < -0.3 is 5.32 Å². The summed E-state index contributed by atoms with van der Waals surface area (Å²) in [5.74, 6) is 0.659. The lowest BCUT2D eigenvalue weighted by molar-refractivity contribution is 0.271. The van der Waals surface area contributed by atoms with Gasteiger partial charge >= 0.3 is 0 Å². The topological polar surface area (TPSA) is 12.0 Å². The van der Waals surface area contributed by atoms with Crippen LogP contribution >= 0.6 is 0 Å². The predicted molar refractivity (Wildman–Crippen MR) is 83.5 cm³/mol. The van der Waals surface area contributed by atoms with Crippen LogP contribution in [-0.2, 0) is 0 Å². The van der Waals surface area contributed by atoms with Gasteiger partial charge in [-0.3, -0.25) is 0 Å². The van der Waals surface area contributed by atoms with E-state index in [2.05, 4.69) is 12.2 Å². The summed E-state index contributed by atoms with van der Waals surface area (Å²) in [4.78, 5) is 0. The highest BCUT2D eigenvalue weighted by Crippen LogP contribution is 2.35. The lowest BCUT2D eigenvalue weighted by atomic mass is 9.80. The zero-order valence-electron chi connectivity index (χ0n) is 13.1. The highest BCUT2D eigenvalue weighted by atomic mass is 19.1. The van der Waals surface area contributed by atoms with Crippen LogP contribution in [0.3, 0.4) is 0 Å². The second-order valence-electron chi connectivity index (χ2n) is 6.30. The van der Waals surface area contributed by atoms with Gasteiger partial charge in [0.05, 0.1) is 0 Å². The number of nitrogens with one attached hydrogen (secondary N) is 1. The molecule has 0 amide bonds. The normalized spacial score (nSPS) is 18.2. The van der Waals surface area contributed by atoms with Gasteiger partial charge in [-0.2, -0.15) is 0 Å². The van der Waals surface area contributed by atoms with Crippen molar-refractivity contribution in [2.75, 3.05) is 6.54 Å². The molecule has 0 saturated heterocycles. The molecule has 1 aliphatic rings. The van der Waals surface area contributed by atoms with Crippen molar-refractivity contribution in [1.29, 1.82) is 0 Å². The van der Waals surface area contributed by atoms with E-state index in [-0.39, 0.29) is 5.82 Å². The van der Waals surface area contributed by atoms with Crippen LogP contribution in [-0.4, -0.2) is 6.54 Å². The quantitative estimate of drug-likeness (QED) is 0.793. The third-order valence-corrected chi connectivity index (χ3v) is 4.55. The van der Waals surface area contributed by atoms with E-state index in [1.54, 1.807) is 0 Å². The Morgan fingerprint density at radius 1 is 1.15 bits per heavy atom. The Morgan fingerprint density at radius 3 is 2.30 bits per heavy atom. The second-order valence-corrected chi connectivity index (χ2v) is 6.30. The second kappa shape index (κ2) is 7.21. The third kappa shape index (κ3) is 3.60. The fourth-order valence-electron chi connectivity index (χ4n) is 3.48. The zero-order valence-corrected chi connectivity index (χ0v) is 13.1. The maximum Gasteiger partial charge on any atom is 0.129 e. The minimum Gasteiger partial charge on any atom is -0.310 e. The van der Waals surface area contributed by atoms with Crippen LogP contribution in [0.1, 0.15) is 68.2 Å². The van der Waals surface area contributed by atoms with Crippen molar-refractivity contribution in [3.63, 3.8) is 0 Å². The molecule has 0 spiro atoms. The standard InChI is InChI=1S/C18H28FN/c1-4-10-20-18(15-8-6-5-7-9-15)16-11-13(2)17(19)14(3)12-16/h11-12,15,18,20H,4-10H2,1-3H3. The lowest BCUT2D eigenvalue weighted by Crippen LogP contribution is -2.30. The first-order chi connectivity index (χ1) is 9.63. The van der Waals surface area contributed by atoms with Gasteiger partial charge in [-0.1, -0.05) is 38.3 Å². The molecule has 0 aromatic heterocycles. The van der Waals surface area contributed by atoms with E-state index >= 15 is 0 Å². The zero-order chi connectivity index (χ0) is 14.5. The van der Waals surface area contributed by atoms with Gasteiger partial charge in [0.1, 0.15) is 5.82 Å². The fourth-order valence-corrected chi connectivity index (χ4v) is 3.48. The number of rotatable bonds is 5. The van der Waals surface area contributed by atoms with E-state index in [0.717, 1.165) is 24.1 Å². The van der Waals surface area contributed by atoms with Crippen molar-refractivity contribution in [2.24, 2.45) is 5.92 Å². The van der Waals surface area contributed by atoms with Crippen molar-refractivity contribution in [2.45, 2.75) is 65.3 Å².